The highest BCUT2D eigenvalue weighted by Gasteiger charge is 2.08. The number of nitrogens with zero attached hydrogens (tertiary/aromatic N) is 4. The van der Waals surface area contributed by atoms with Gasteiger partial charge in [-0.3, -0.25) is 4.98 Å². The topological polar surface area (TPSA) is 43.6 Å². The van der Waals surface area contributed by atoms with E-state index in [-0.39, 0.29) is 0 Å². The third-order valence-electron chi connectivity index (χ3n) is 2.07. The predicted molar refractivity (Wildman–Crippen MR) is 58.1 cm³/mol. The summed E-state index contributed by atoms with van der Waals surface area (Å²) in [6, 6.07) is 5.80. The maximum absolute atomic E-state index is 4.27. The molecule has 78 valence electrons. The normalized spacial score (nSPS) is 10.9. The highest BCUT2D eigenvalue weighted by atomic mass is 15.3. The Kier molecular flexibility index (Phi) is 2.76. The Bertz CT molecular complexity index is 419. The van der Waals surface area contributed by atoms with Crippen LogP contribution in [0.15, 0.2) is 30.7 Å². The molecule has 15 heavy (non-hydrogen) atoms. The molecule has 0 aliphatic rings. The summed E-state index contributed by atoms with van der Waals surface area (Å²) in [6.07, 6.45) is 3.52. The summed E-state index contributed by atoms with van der Waals surface area (Å²) >= 11 is 0. The van der Waals surface area contributed by atoms with Crippen LogP contribution in [0, 0.1) is 5.92 Å². The minimum Gasteiger partial charge on any atom is -0.312 e. The molecule has 0 atom stereocenters. The number of pyridine rings is 1. The summed E-state index contributed by atoms with van der Waals surface area (Å²) in [6.45, 7) is 5.25. The lowest BCUT2D eigenvalue weighted by Crippen LogP contribution is -2.05. The molecule has 0 aromatic carbocycles. The van der Waals surface area contributed by atoms with Crippen molar-refractivity contribution in [3.63, 3.8) is 0 Å². The van der Waals surface area contributed by atoms with E-state index in [0.717, 1.165) is 18.1 Å². The zero-order valence-corrected chi connectivity index (χ0v) is 8.96. The Morgan fingerprint density at radius 2 is 2.20 bits per heavy atom. The maximum atomic E-state index is 4.27. The highest BCUT2D eigenvalue weighted by molar-refractivity contribution is 5.48. The molecule has 0 aliphatic heterocycles. The van der Waals surface area contributed by atoms with E-state index in [2.05, 4.69) is 29.0 Å². The fraction of sp³-hybridized carbons (Fsp3) is 0.364. The quantitative estimate of drug-likeness (QED) is 0.764. The van der Waals surface area contributed by atoms with Gasteiger partial charge in [-0.2, -0.15) is 0 Å². The van der Waals surface area contributed by atoms with Gasteiger partial charge < -0.3 is 4.57 Å². The third kappa shape index (κ3) is 2.21. The molecule has 0 amide bonds. The summed E-state index contributed by atoms with van der Waals surface area (Å²) < 4.78 is 2.03. The first-order valence-corrected chi connectivity index (χ1v) is 5.06. The Balaban J connectivity index is 2.33. The molecule has 2 rings (SSSR count). The zero-order chi connectivity index (χ0) is 10.7. The van der Waals surface area contributed by atoms with Gasteiger partial charge in [0, 0.05) is 12.7 Å². The molecule has 0 bridgehead atoms. The van der Waals surface area contributed by atoms with E-state index >= 15 is 0 Å². The first-order valence-electron chi connectivity index (χ1n) is 5.06. The SMILES string of the molecule is CC(C)Cn1cnnc1-c1ccccn1. The van der Waals surface area contributed by atoms with Crippen LogP contribution in [0.25, 0.3) is 11.5 Å². The monoisotopic (exact) mass is 202 g/mol. The number of aromatic nitrogens is 4. The van der Waals surface area contributed by atoms with Crippen LogP contribution in [0.2, 0.25) is 0 Å². The second kappa shape index (κ2) is 4.21. The van der Waals surface area contributed by atoms with Crippen LogP contribution in [-0.2, 0) is 6.54 Å². The van der Waals surface area contributed by atoms with Crippen molar-refractivity contribution in [3.8, 4) is 11.5 Å². The van der Waals surface area contributed by atoms with E-state index in [4.69, 9.17) is 0 Å². The summed E-state index contributed by atoms with van der Waals surface area (Å²) in [4.78, 5) is 4.27. The van der Waals surface area contributed by atoms with Crippen molar-refractivity contribution < 1.29 is 0 Å². The second-order valence-electron chi connectivity index (χ2n) is 3.92. The van der Waals surface area contributed by atoms with Crippen LogP contribution in [-0.4, -0.2) is 19.7 Å². The molecular weight excluding hydrogens is 188 g/mol. The van der Waals surface area contributed by atoms with E-state index in [1.54, 1.807) is 12.5 Å². The molecule has 4 heteroatoms. The highest BCUT2D eigenvalue weighted by Crippen LogP contribution is 2.13. The second-order valence-corrected chi connectivity index (χ2v) is 3.92. The van der Waals surface area contributed by atoms with Gasteiger partial charge in [-0.05, 0) is 18.1 Å². The van der Waals surface area contributed by atoms with Gasteiger partial charge in [0.1, 0.15) is 12.0 Å². The van der Waals surface area contributed by atoms with E-state index < -0.39 is 0 Å². The fourth-order valence-corrected chi connectivity index (χ4v) is 1.48. The van der Waals surface area contributed by atoms with Crippen LogP contribution < -0.4 is 0 Å². The maximum Gasteiger partial charge on any atom is 0.182 e. The Morgan fingerprint density at radius 1 is 1.33 bits per heavy atom. The van der Waals surface area contributed by atoms with Crippen LogP contribution in [0.1, 0.15) is 13.8 Å². The molecule has 0 spiro atoms. The molecule has 4 nitrogen and oxygen atoms in total. The van der Waals surface area contributed by atoms with Gasteiger partial charge in [0.15, 0.2) is 5.82 Å². The van der Waals surface area contributed by atoms with E-state index in [1.807, 2.05) is 22.8 Å². The van der Waals surface area contributed by atoms with Gasteiger partial charge in [-0.1, -0.05) is 19.9 Å². The summed E-state index contributed by atoms with van der Waals surface area (Å²) in [5.74, 6) is 1.41. The molecule has 2 aromatic heterocycles. The summed E-state index contributed by atoms with van der Waals surface area (Å²) in [5.41, 5.74) is 0.871. The van der Waals surface area contributed by atoms with Crippen LogP contribution >= 0.6 is 0 Å². The summed E-state index contributed by atoms with van der Waals surface area (Å²) in [5, 5.41) is 8.01. The minimum atomic E-state index is 0.573. The van der Waals surface area contributed by atoms with Crippen LogP contribution in [0.5, 0.6) is 0 Å². The van der Waals surface area contributed by atoms with Crippen molar-refractivity contribution in [2.24, 2.45) is 5.92 Å². The molecule has 0 unspecified atom stereocenters. The first-order chi connectivity index (χ1) is 7.27. The van der Waals surface area contributed by atoms with Crippen molar-refractivity contribution in [1.29, 1.82) is 0 Å². The van der Waals surface area contributed by atoms with Gasteiger partial charge in [0.2, 0.25) is 0 Å². The van der Waals surface area contributed by atoms with Crippen LogP contribution in [0.4, 0.5) is 0 Å². The molecule has 0 fully saturated rings. The van der Waals surface area contributed by atoms with Gasteiger partial charge in [0.25, 0.3) is 0 Å². The van der Waals surface area contributed by atoms with Crippen molar-refractivity contribution in [2.45, 2.75) is 20.4 Å². The minimum absolute atomic E-state index is 0.573. The average Bonchev–Trinajstić information content (AvgIpc) is 2.66. The van der Waals surface area contributed by atoms with E-state index in [1.165, 1.54) is 0 Å². The van der Waals surface area contributed by atoms with Crippen molar-refractivity contribution >= 4 is 0 Å². The van der Waals surface area contributed by atoms with E-state index in [0.29, 0.717) is 5.92 Å². The number of hydrogen-bond acceptors (Lipinski definition) is 3. The van der Waals surface area contributed by atoms with Crippen molar-refractivity contribution in [1.82, 2.24) is 19.7 Å². The Labute approximate surface area is 89.0 Å². The molecule has 0 aliphatic carbocycles. The molecule has 0 saturated carbocycles. The van der Waals surface area contributed by atoms with Crippen LogP contribution in [0.3, 0.4) is 0 Å². The molecule has 0 radical (unpaired) electrons. The largest absolute Gasteiger partial charge is 0.312 e. The summed E-state index contributed by atoms with van der Waals surface area (Å²) in [7, 11) is 0. The van der Waals surface area contributed by atoms with Crippen molar-refractivity contribution in [3.05, 3.63) is 30.7 Å². The van der Waals surface area contributed by atoms with Gasteiger partial charge in [0.05, 0.1) is 0 Å². The number of hydrogen-bond donors (Lipinski definition) is 0. The lowest BCUT2D eigenvalue weighted by atomic mass is 10.2. The van der Waals surface area contributed by atoms with Crippen molar-refractivity contribution in [2.75, 3.05) is 0 Å². The Hall–Kier alpha value is -1.71. The van der Waals surface area contributed by atoms with Gasteiger partial charge >= 0.3 is 0 Å². The first kappa shape index (κ1) is 9.83. The lowest BCUT2D eigenvalue weighted by Gasteiger charge is -2.07. The molecular formula is C11H14N4. The average molecular weight is 202 g/mol. The smallest absolute Gasteiger partial charge is 0.182 e. The van der Waals surface area contributed by atoms with Gasteiger partial charge in [-0.25, -0.2) is 0 Å². The third-order valence-corrected chi connectivity index (χ3v) is 2.07. The van der Waals surface area contributed by atoms with Gasteiger partial charge in [-0.15, -0.1) is 10.2 Å². The fourth-order valence-electron chi connectivity index (χ4n) is 1.48. The molecule has 2 heterocycles. The Morgan fingerprint density at radius 3 is 2.87 bits per heavy atom. The standard InChI is InChI=1S/C11H14N4/c1-9(2)7-15-8-13-14-11(15)10-5-3-4-6-12-10/h3-6,8-9H,7H2,1-2H3. The predicted octanol–water partition coefficient (Wildman–Crippen LogP) is 2.00. The lowest BCUT2D eigenvalue weighted by molar-refractivity contribution is 0.525. The zero-order valence-electron chi connectivity index (χ0n) is 8.96. The molecule has 0 N–H and O–H groups in total. The molecule has 2 aromatic rings. The number of rotatable bonds is 3. The van der Waals surface area contributed by atoms with E-state index in [9.17, 15) is 0 Å². The molecule has 0 saturated heterocycles.